The van der Waals surface area contributed by atoms with Gasteiger partial charge in [0.15, 0.2) is 9.92 Å². The van der Waals surface area contributed by atoms with Gasteiger partial charge in [0.05, 0.1) is 12.2 Å². The molecule has 244 valence electrons. The lowest BCUT2D eigenvalue weighted by atomic mass is 9.78. The Hall–Kier alpha value is -4.80. The summed E-state index contributed by atoms with van der Waals surface area (Å²) in [6.45, 7) is 2.32. The number of carbonyl (C=O) groups is 1. The zero-order chi connectivity index (χ0) is 32.9. The van der Waals surface area contributed by atoms with Crippen LogP contribution in [0.2, 0.25) is 0 Å². The molecule has 0 radical (unpaired) electrons. The van der Waals surface area contributed by atoms with Gasteiger partial charge in [-0.3, -0.25) is 0 Å². The molecule has 48 heavy (non-hydrogen) atoms. The summed E-state index contributed by atoms with van der Waals surface area (Å²) in [7, 11) is -3.85. The number of anilines is 1. The highest BCUT2D eigenvalue weighted by Gasteiger charge is 2.42. The van der Waals surface area contributed by atoms with E-state index in [1.54, 1.807) is 4.68 Å². The van der Waals surface area contributed by atoms with E-state index in [0.29, 0.717) is 55.0 Å². The first-order valence-electron chi connectivity index (χ1n) is 16.5. The van der Waals surface area contributed by atoms with E-state index < -0.39 is 21.5 Å². The lowest BCUT2D eigenvalue weighted by Crippen LogP contribution is -2.48. The molecule has 0 bridgehead atoms. The molecule has 3 aliphatic rings. The average Bonchev–Trinajstić information content (AvgIpc) is 3.93. The molecule has 2 heterocycles. The van der Waals surface area contributed by atoms with Crippen LogP contribution in [0, 0.1) is 5.82 Å². The van der Waals surface area contributed by atoms with Crippen LogP contribution in [0.3, 0.4) is 0 Å². The maximum absolute atomic E-state index is 15.8. The smallest absolute Gasteiger partial charge is 0.354 e. The van der Waals surface area contributed by atoms with Crippen LogP contribution in [0.4, 0.5) is 14.9 Å². The predicted molar refractivity (Wildman–Crippen MR) is 183 cm³/mol. The number of amides is 2. The largest absolute Gasteiger partial charge is 0.475 e. The van der Waals surface area contributed by atoms with Gasteiger partial charge in [-0.2, -0.15) is 5.10 Å². The van der Waals surface area contributed by atoms with E-state index in [1.165, 1.54) is 6.20 Å². The number of carbonyl (C=O) groups excluding carboxylic acids is 1. The van der Waals surface area contributed by atoms with Gasteiger partial charge in [-0.15, -0.1) is 4.36 Å². The van der Waals surface area contributed by atoms with Crippen molar-refractivity contribution in [3.05, 3.63) is 142 Å². The number of nitrogens with zero attached hydrogens (tertiary/aromatic N) is 3. The summed E-state index contributed by atoms with van der Waals surface area (Å²) in [5.41, 5.74) is 4.82. The first-order chi connectivity index (χ1) is 23.4. The van der Waals surface area contributed by atoms with Crippen molar-refractivity contribution in [2.24, 2.45) is 4.36 Å². The third-order valence-corrected chi connectivity index (χ3v) is 11.7. The molecule has 8 nitrogen and oxygen atoms in total. The number of nitrogens with one attached hydrogen (secondary N) is 2. The molecule has 1 unspecified atom stereocenters. The molecule has 0 saturated carbocycles. The fourth-order valence-electron chi connectivity index (χ4n) is 7.61. The molecule has 5 aromatic rings. The maximum Gasteiger partial charge on any atom is 0.354 e. The third-order valence-electron chi connectivity index (χ3n) is 9.82. The van der Waals surface area contributed by atoms with Crippen LogP contribution in [-0.2, 0) is 41.1 Å². The molecule has 2 aliphatic carbocycles. The Morgan fingerprint density at radius 1 is 0.854 bits per heavy atom. The minimum atomic E-state index is -3.85. The average molecular weight is 662 g/mol. The molecule has 2 amide bonds. The summed E-state index contributed by atoms with van der Waals surface area (Å²) in [5.74, 6) is 0.179. The Labute approximate surface area is 279 Å². The van der Waals surface area contributed by atoms with Gasteiger partial charge >= 0.3 is 6.03 Å². The van der Waals surface area contributed by atoms with Crippen molar-refractivity contribution in [1.29, 1.82) is 0 Å². The first-order valence-corrected chi connectivity index (χ1v) is 18.0. The van der Waals surface area contributed by atoms with Gasteiger partial charge in [-0.1, -0.05) is 91.0 Å². The van der Waals surface area contributed by atoms with E-state index in [0.717, 1.165) is 40.7 Å². The van der Waals surface area contributed by atoms with Crippen molar-refractivity contribution in [3.8, 4) is 5.88 Å². The van der Waals surface area contributed by atoms with E-state index in [-0.39, 0.29) is 16.8 Å². The number of hydrogen-bond acceptors (Lipinski definition) is 4. The van der Waals surface area contributed by atoms with Gasteiger partial charge in [0.2, 0.25) is 5.88 Å². The van der Waals surface area contributed by atoms with Crippen LogP contribution in [0.5, 0.6) is 5.88 Å². The number of fused-ring (bicyclic) bond motifs is 3. The highest BCUT2D eigenvalue weighted by atomic mass is 32.2. The summed E-state index contributed by atoms with van der Waals surface area (Å²) in [6, 6.07) is 28.3. The lowest BCUT2D eigenvalue weighted by Gasteiger charge is -2.37. The number of rotatable bonds is 7. The molecule has 2 N–H and O–H groups in total. The zero-order valence-electron chi connectivity index (χ0n) is 26.6. The van der Waals surface area contributed by atoms with E-state index in [4.69, 9.17) is 4.74 Å². The monoisotopic (exact) mass is 661 g/mol. The summed E-state index contributed by atoms with van der Waals surface area (Å²) < 4.78 is 47.0. The molecule has 4 aromatic carbocycles. The molecule has 0 fully saturated rings. The Bertz CT molecular complexity index is 2010. The molecule has 10 heteroatoms. The second kappa shape index (κ2) is 12.0. The Kier molecular flexibility index (Phi) is 7.64. The second-order valence-corrected chi connectivity index (χ2v) is 14.6. The molecular weight excluding hydrogens is 626 g/mol. The highest BCUT2D eigenvalue weighted by Crippen LogP contribution is 2.43. The Balaban J connectivity index is 1.34. The third kappa shape index (κ3) is 4.93. The normalized spacial score (nSPS) is 17.6. The van der Waals surface area contributed by atoms with Gasteiger partial charge in [-0.05, 0) is 84.4 Å². The molecule has 1 aromatic heterocycles. The van der Waals surface area contributed by atoms with Gasteiger partial charge < -0.3 is 10.1 Å². The first kappa shape index (κ1) is 30.5. The highest BCUT2D eigenvalue weighted by molar-refractivity contribution is 7.92. The molecule has 0 saturated heterocycles. The van der Waals surface area contributed by atoms with Gasteiger partial charge in [-0.25, -0.2) is 22.8 Å². The van der Waals surface area contributed by atoms with Crippen LogP contribution in [0.25, 0.3) is 0 Å². The van der Waals surface area contributed by atoms with Crippen molar-refractivity contribution in [3.63, 3.8) is 0 Å². The van der Waals surface area contributed by atoms with Gasteiger partial charge in [0.25, 0.3) is 0 Å². The Morgan fingerprint density at radius 3 is 1.88 bits per heavy atom. The predicted octanol–water partition coefficient (Wildman–Crippen LogP) is 7.51. The van der Waals surface area contributed by atoms with Crippen LogP contribution in [0.1, 0.15) is 64.8 Å². The number of halogens is 1. The van der Waals surface area contributed by atoms with E-state index in [1.807, 2.05) is 97.9 Å². The summed E-state index contributed by atoms with van der Waals surface area (Å²) in [4.78, 5) is 14.4. The minimum Gasteiger partial charge on any atom is -0.475 e. The SMILES string of the molecule is C[C@H]1COc2c(S(=O)(=NC(=O)Nc3c4c(c(F)c5c3CCC5)CCC4)NC(c3ccccc3)(c3ccccc3)c3ccccc3)cnn21. The fraction of sp³-hybridized carbons (Fsp3) is 0.263. The minimum absolute atomic E-state index is 0.0854. The molecule has 2 atom stereocenters. The molecule has 1 aliphatic heterocycles. The molecule has 8 rings (SSSR count). The van der Waals surface area contributed by atoms with Crippen LogP contribution in [0.15, 0.2) is 106 Å². The van der Waals surface area contributed by atoms with E-state index in [2.05, 4.69) is 19.5 Å². The van der Waals surface area contributed by atoms with Crippen molar-refractivity contribution in [2.75, 3.05) is 11.9 Å². The van der Waals surface area contributed by atoms with Crippen molar-refractivity contribution in [1.82, 2.24) is 14.5 Å². The fourth-order valence-corrected chi connectivity index (χ4v) is 9.49. The second-order valence-electron chi connectivity index (χ2n) is 12.7. The van der Waals surface area contributed by atoms with Gasteiger partial charge in [0, 0.05) is 5.69 Å². The topological polar surface area (TPSA) is 97.6 Å². The Morgan fingerprint density at radius 2 is 1.35 bits per heavy atom. The van der Waals surface area contributed by atoms with E-state index >= 15 is 8.60 Å². The zero-order valence-corrected chi connectivity index (χ0v) is 27.4. The number of benzene rings is 4. The number of ether oxygens (including phenoxy) is 1. The lowest BCUT2D eigenvalue weighted by molar-refractivity contribution is 0.260. The summed E-state index contributed by atoms with van der Waals surface area (Å²) in [6.07, 6.45) is 5.74. The van der Waals surface area contributed by atoms with Crippen LogP contribution >= 0.6 is 0 Å². The maximum atomic E-state index is 15.8. The van der Waals surface area contributed by atoms with Crippen LogP contribution in [-0.4, -0.2) is 26.6 Å². The number of hydrogen-bond donors (Lipinski definition) is 2. The van der Waals surface area contributed by atoms with Crippen LogP contribution < -0.4 is 14.8 Å². The van der Waals surface area contributed by atoms with Crippen molar-refractivity contribution < 1.29 is 18.1 Å². The quantitative estimate of drug-likeness (QED) is 0.177. The summed E-state index contributed by atoms with van der Waals surface area (Å²) >= 11 is 0. The molecule has 0 spiro atoms. The number of urea groups is 1. The van der Waals surface area contributed by atoms with E-state index in [9.17, 15) is 4.79 Å². The number of aromatic nitrogens is 2. The van der Waals surface area contributed by atoms with Crippen molar-refractivity contribution in [2.45, 2.75) is 61.9 Å². The van der Waals surface area contributed by atoms with Gasteiger partial charge in [0.1, 0.15) is 22.9 Å². The van der Waals surface area contributed by atoms with Crippen molar-refractivity contribution >= 4 is 21.6 Å². The molecular formula is C38H36FN5O3S. The standard InChI is InChI=1S/C38H36FN5O3S/c1-25-24-47-36-33(23-40-44(25)36)48(46,42-37(45)41-35-31-21-11-19-29(31)34(39)30-20-12-22-32(30)35)43-38(26-13-5-2-6-14-26,27-15-7-3-8-16-27)28-17-9-4-10-18-28/h2-10,13-18,23,25H,11-12,19-22,24H2,1H3,(H2,41,42,43,45,46)/t25-,48?/m0/s1. The summed E-state index contributed by atoms with van der Waals surface area (Å²) in [5, 5.41) is 7.54.